The highest BCUT2D eigenvalue weighted by molar-refractivity contribution is 7.97. The second-order valence-corrected chi connectivity index (χ2v) is 6.05. The molecule has 3 nitrogen and oxygen atoms in total. The fourth-order valence-electron chi connectivity index (χ4n) is 1.63. The van der Waals surface area contributed by atoms with Crippen LogP contribution in [0.3, 0.4) is 0 Å². The largest absolute Gasteiger partial charge is 0.298 e. The van der Waals surface area contributed by atoms with Crippen molar-refractivity contribution in [3.8, 4) is 0 Å². The summed E-state index contributed by atoms with van der Waals surface area (Å²) in [7, 11) is 0. The number of hydrogen-bond donors (Lipinski definition) is 1. The maximum atomic E-state index is 12.1. The lowest BCUT2D eigenvalue weighted by atomic mass is 10.1. The number of aromatic nitrogens is 1. The number of rotatable bonds is 4. The Kier molecular flexibility index (Phi) is 4.61. The lowest BCUT2D eigenvalue weighted by molar-refractivity contribution is 0.102. The van der Waals surface area contributed by atoms with E-state index in [0.29, 0.717) is 10.7 Å². The molecule has 2 rings (SSSR count). The van der Waals surface area contributed by atoms with Gasteiger partial charge in [-0.1, -0.05) is 6.07 Å². The van der Waals surface area contributed by atoms with E-state index in [-0.39, 0.29) is 5.91 Å². The van der Waals surface area contributed by atoms with Crippen LogP contribution in [0.15, 0.2) is 23.6 Å². The quantitative estimate of drug-likeness (QED) is 0.930. The Morgan fingerprint density at radius 1 is 1.37 bits per heavy atom. The van der Waals surface area contributed by atoms with Gasteiger partial charge in [0.2, 0.25) is 0 Å². The van der Waals surface area contributed by atoms with Crippen LogP contribution in [0.25, 0.3) is 0 Å². The lowest BCUT2D eigenvalue weighted by Crippen LogP contribution is -2.12. The van der Waals surface area contributed by atoms with Crippen LogP contribution in [0.5, 0.6) is 0 Å². The van der Waals surface area contributed by atoms with Crippen LogP contribution in [0.1, 0.15) is 27.2 Å². The molecule has 0 saturated carbocycles. The Morgan fingerprint density at radius 2 is 2.16 bits per heavy atom. The molecule has 0 aliphatic carbocycles. The van der Waals surface area contributed by atoms with Gasteiger partial charge in [-0.3, -0.25) is 10.1 Å². The van der Waals surface area contributed by atoms with Gasteiger partial charge in [-0.15, -0.1) is 11.3 Å². The van der Waals surface area contributed by atoms with E-state index in [0.717, 1.165) is 17.0 Å². The number of carbonyl (C=O) groups is 1. The van der Waals surface area contributed by atoms with E-state index in [4.69, 9.17) is 0 Å². The summed E-state index contributed by atoms with van der Waals surface area (Å²) in [4.78, 5) is 16.5. The minimum Gasteiger partial charge on any atom is -0.298 e. The summed E-state index contributed by atoms with van der Waals surface area (Å²) in [6.07, 6.45) is 2.03. The van der Waals surface area contributed by atoms with Crippen LogP contribution in [-0.2, 0) is 5.75 Å². The summed E-state index contributed by atoms with van der Waals surface area (Å²) in [6, 6.07) is 5.71. The van der Waals surface area contributed by atoms with E-state index in [2.05, 4.69) is 10.3 Å². The van der Waals surface area contributed by atoms with Crippen LogP contribution in [-0.4, -0.2) is 17.1 Å². The summed E-state index contributed by atoms with van der Waals surface area (Å²) in [5.74, 6) is 0.767. The number of anilines is 1. The maximum Gasteiger partial charge on any atom is 0.257 e. The van der Waals surface area contributed by atoms with Crippen LogP contribution >= 0.6 is 23.1 Å². The smallest absolute Gasteiger partial charge is 0.257 e. The highest BCUT2D eigenvalue weighted by Crippen LogP contribution is 2.19. The zero-order valence-electron chi connectivity index (χ0n) is 11.2. The van der Waals surface area contributed by atoms with Gasteiger partial charge in [0.05, 0.1) is 5.69 Å². The number of thioether (sulfide) groups is 1. The number of benzene rings is 1. The number of amides is 1. The molecular weight excluding hydrogens is 276 g/mol. The molecule has 0 atom stereocenters. The Hall–Kier alpha value is -1.33. The van der Waals surface area contributed by atoms with Gasteiger partial charge in [0, 0.05) is 16.7 Å². The number of thiazole rings is 1. The zero-order valence-corrected chi connectivity index (χ0v) is 12.8. The van der Waals surface area contributed by atoms with E-state index in [1.165, 1.54) is 16.9 Å². The van der Waals surface area contributed by atoms with Gasteiger partial charge in [-0.2, -0.15) is 11.8 Å². The van der Waals surface area contributed by atoms with Gasteiger partial charge in [0.15, 0.2) is 5.13 Å². The van der Waals surface area contributed by atoms with E-state index >= 15 is 0 Å². The SMILES string of the molecule is CSCc1csc(NC(=O)c2ccc(C)c(C)c2)n1. The van der Waals surface area contributed by atoms with Gasteiger partial charge in [-0.25, -0.2) is 4.98 Å². The predicted octanol–water partition coefficient (Wildman–Crippen LogP) is 3.88. The highest BCUT2D eigenvalue weighted by atomic mass is 32.2. The van der Waals surface area contributed by atoms with Crippen molar-refractivity contribution in [2.75, 3.05) is 11.6 Å². The lowest BCUT2D eigenvalue weighted by Gasteiger charge is -2.04. The second kappa shape index (κ2) is 6.21. The van der Waals surface area contributed by atoms with Crippen molar-refractivity contribution in [3.63, 3.8) is 0 Å². The molecule has 1 amide bonds. The first-order valence-electron chi connectivity index (χ1n) is 5.92. The fourth-order valence-corrected chi connectivity index (χ4v) is 2.88. The molecule has 1 heterocycles. The number of carbonyl (C=O) groups excluding carboxylic acids is 1. The Bertz CT molecular complexity index is 593. The van der Waals surface area contributed by atoms with Crippen LogP contribution in [0.2, 0.25) is 0 Å². The van der Waals surface area contributed by atoms with E-state index in [9.17, 15) is 4.79 Å². The van der Waals surface area contributed by atoms with Crippen molar-refractivity contribution in [3.05, 3.63) is 46.0 Å². The van der Waals surface area contributed by atoms with Gasteiger partial charge in [-0.05, 0) is 43.4 Å². The zero-order chi connectivity index (χ0) is 13.8. The van der Waals surface area contributed by atoms with Crippen molar-refractivity contribution in [2.24, 2.45) is 0 Å². The molecule has 0 bridgehead atoms. The molecule has 0 spiro atoms. The summed E-state index contributed by atoms with van der Waals surface area (Å²) < 4.78 is 0. The number of nitrogens with zero attached hydrogens (tertiary/aromatic N) is 1. The molecule has 19 heavy (non-hydrogen) atoms. The standard InChI is InChI=1S/C14H16N2OS2/c1-9-4-5-11(6-10(9)2)13(17)16-14-15-12(7-18-3)8-19-14/h4-6,8H,7H2,1-3H3,(H,15,16,17). The molecule has 1 aromatic carbocycles. The molecule has 5 heteroatoms. The van der Waals surface area contributed by atoms with Crippen molar-refractivity contribution in [1.29, 1.82) is 0 Å². The van der Waals surface area contributed by atoms with Gasteiger partial charge in [0.25, 0.3) is 5.91 Å². The van der Waals surface area contributed by atoms with E-state index in [1.54, 1.807) is 11.8 Å². The van der Waals surface area contributed by atoms with Gasteiger partial charge >= 0.3 is 0 Å². The van der Waals surface area contributed by atoms with E-state index in [1.807, 2.05) is 43.7 Å². The second-order valence-electron chi connectivity index (χ2n) is 4.33. The third kappa shape index (κ3) is 3.58. The molecule has 2 aromatic rings. The Balaban J connectivity index is 2.09. The van der Waals surface area contributed by atoms with Crippen molar-refractivity contribution < 1.29 is 4.79 Å². The van der Waals surface area contributed by atoms with Crippen LogP contribution in [0.4, 0.5) is 5.13 Å². The Morgan fingerprint density at radius 3 is 2.84 bits per heavy atom. The normalized spacial score (nSPS) is 10.5. The number of hydrogen-bond acceptors (Lipinski definition) is 4. The molecule has 0 unspecified atom stereocenters. The minimum absolute atomic E-state index is 0.104. The van der Waals surface area contributed by atoms with Gasteiger partial charge < -0.3 is 0 Å². The van der Waals surface area contributed by atoms with Crippen LogP contribution in [0, 0.1) is 13.8 Å². The average Bonchev–Trinajstić information content (AvgIpc) is 2.80. The molecule has 100 valence electrons. The van der Waals surface area contributed by atoms with E-state index < -0.39 is 0 Å². The maximum absolute atomic E-state index is 12.1. The molecule has 0 radical (unpaired) electrons. The molecular formula is C14H16N2OS2. The molecule has 1 N–H and O–H groups in total. The molecule has 0 fully saturated rings. The third-order valence-electron chi connectivity index (χ3n) is 2.83. The third-order valence-corrected chi connectivity index (χ3v) is 4.22. The molecule has 0 aliphatic rings. The minimum atomic E-state index is -0.104. The van der Waals surface area contributed by atoms with Crippen molar-refractivity contribution in [1.82, 2.24) is 4.98 Å². The average molecular weight is 292 g/mol. The fraction of sp³-hybridized carbons (Fsp3) is 0.286. The Labute approximate surface area is 121 Å². The molecule has 0 saturated heterocycles. The molecule has 0 aliphatic heterocycles. The van der Waals surface area contributed by atoms with Crippen molar-refractivity contribution in [2.45, 2.75) is 19.6 Å². The first kappa shape index (κ1) is 14.1. The van der Waals surface area contributed by atoms with Crippen LogP contribution < -0.4 is 5.32 Å². The number of aryl methyl sites for hydroxylation is 2. The topological polar surface area (TPSA) is 42.0 Å². The van der Waals surface area contributed by atoms with Crippen molar-refractivity contribution >= 4 is 34.1 Å². The monoisotopic (exact) mass is 292 g/mol. The van der Waals surface area contributed by atoms with Gasteiger partial charge in [0.1, 0.15) is 0 Å². The first-order chi connectivity index (χ1) is 9.10. The summed E-state index contributed by atoms with van der Waals surface area (Å²) in [6.45, 7) is 4.04. The molecule has 1 aromatic heterocycles. The highest BCUT2D eigenvalue weighted by Gasteiger charge is 2.09. The first-order valence-corrected chi connectivity index (χ1v) is 8.19. The summed E-state index contributed by atoms with van der Waals surface area (Å²) in [5, 5.41) is 5.48. The summed E-state index contributed by atoms with van der Waals surface area (Å²) >= 11 is 3.18. The predicted molar refractivity (Wildman–Crippen MR) is 83.2 cm³/mol. The summed E-state index contributed by atoms with van der Waals surface area (Å²) in [5.41, 5.74) is 3.99. The number of nitrogens with one attached hydrogen (secondary N) is 1.